The molecule has 0 radical (unpaired) electrons. The molecule has 1 aromatic rings. The quantitative estimate of drug-likeness (QED) is 0.621. The van der Waals surface area contributed by atoms with E-state index in [2.05, 4.69) is 10.6 Å². The van der Waals surface area contributed by atoms with E-state index in [4.69, 9.17) is 5.11 Å². The number of hydrogen-bond donors (Lipinski definition) is 3. The van der Waals surface area contributed by atoms with Gasteiger partial charge in [-0.2, -0.15) is 0 Å². The summed E-state index contributed by atoms with van der Waals surface area (Å²) in [5.41, 5.74) is 0. The van der Waals surface area contributed by atoms with Crippen molar-refractivity contribution in [2.45, 2.75) is 4.21 Å². The average Bonchev–Trinajstić information content (AvgIpc) is 2.84. The standard InChI is InChI=1S/C10H12N2O4S2/c13-7(12-5-9(15)16)4-11-8(14)6-18-10-2-1-3-17-10/h1-3H,4-6H2,(H,11,14)(H,12,13)(H,15,16). The van der Waals surface area contributed by atoms with E-state index >= 15 is 0 Å². The maximum atomic E-state index is 11.4. The first-order valence-corrected chi connectivity index (χ1v) is 6.86. The van der Waals surface area contributed by atoms with Crippen molar-refractivity contribution in [2.24, 2.45) is 0 Å². The van der Waals surface area contributed by atoms with Crippen LogP contribution in [0, 0.1) is 0 Å². The van der Waals surface area contributed by atoms with Crippen molar-refractivity contribution >= 4 is 40.9 Å². The van der Waals surface area contributed by atoms with E-state index < -0.39 is 18.4 Å². The molecule has 0 saturated heterocycles. The zero-order valence-electron chi connectivity index (χ0n) is 9.34. The Balaban J connectivity index is 2.13. The first-order valence-electron chi connectivity index (χ1n) is 4.99. The summed E-state index contributed by atoms with van der Waals surface area (Å²) < 4.78 is 1.03. The maximum absolute atomic E-state index is 11.4. The molecule has 0 aliphatic heterocycles. The molecule has 1 aromatic heterocycles. The lowest BCUT2D eigenvalue weighted by molar-refractivity contribution is -0.137. The van der Waals surface area contributed by atoms with Crippen LogP contribution in [0.5, 0.6) is 0 Å². The van der Waals surface area contributed by atoms with Crippen LogP contribution in [0.3, 0.4) is 0 Å². The summed E-state index contributed by atoms with van der Waals surface area (Å²) in [4.78, 5) is 32.6. The molecule has 0 bridgehead atoms. The van der Waals surface area contributed by atoms with Gasteiger partial charge in [-0.3, -0.25) is 14.4 Å². The van der Waals surface area contributed by atoms with Gasteiger partial charge in [0.05, 0.1) is 16.5 Å². The van der Waals surface area contributed by atoms with Crippen molar-refractivity contribution < 1.29 is 19.5 Å². The number of carboxylic acids is 1. The van der Waals surface area contributed by atoms with E-state index in [1.54, 1.807) is 0 Å². The Morgan fingerprint density at radius 2 is 1.94 bits per heavy atom. The van der Waals surface area contributed by atoms with Crippen molar-refractivity contribution in [3.05, 3.63) is 17.5 Å². The highest BCUT2D eigenvalue weighted by atomic mass is 32.2. The van der Waals surface area contributed by atoms with E-state index in [1.807, 2.05) is 17.5 Å². The van der Waals surface area contributed by atoms with Crippen molar-refractivity contribution in [2.75, 3.05) is 18.8 Å². The molecular weight excluding hydrogens is 276 g/mol. The second-order valence-corrected chi connectivity index (χ2v) is 5.39. The van der Waals surface area contributed by atoms with E-state index in [9.17, 15) is 14.4 Å². The van der Waals surface area contributed by atoms with Crippen molar-refractivity contribution in [3.63, 3.8) is 0 Å². The van der Waals surface area contributed by atoms with Crippen LogP contribution in [0.1, 0.15) is 0 Å². The number of amides is 2. The number of nitrogens with one attached hydrogen (secondary N) is 2. The Labute approximate surface area is 112 Å². The number of aliphatic carboxylic acids is 1. The fraction of sp³-hybridized carbons (Fsp3) is 0.300. The Morgan fingerprint density at radius 1 is 1.22 bits per heavy atom. The lowest BCUT2D eigenvalue weighted by atomic mass is 10.5. The van der Waals surface area contributed by atoms with Crippen LogP contribution in [-0.4, -0.2) is 41.7 Å². The number of carboxylic acid groups (broad SMARTS) is 1. The van der Waals surface area contributed by atoms with Gasteiger partial charge in [0.15, 0.2) is 0 Å². The highest BCUT2D eigenvalue weighted by Crippen LogP contribution is 2.22. The molecule has 0 aliphatic carbocycles. The molecule has 0 saturated carbocycles. The second kappa shape index (κ2) is 7.72. The number of rotatable bonds is 7. The molecule has 3 N–H and O–H groups in total. The predicted octanol–water partition coefficient (Wildman–Crippen LogP) is 0.157. The summed E-state index contributed by atoms with van der Waals surface area (Å²) >= 11 is 2.92. The van der Waals surface area contributed by atoms with Crippen LogP contribution in [0.25, 0.3) is 0 Å². The fourth-order valence-corrected chi connectivity index (χ4v) is 2.56. The SMILES string of the molecule is O=C(O)CNC(=O)CNC(=O)CSc1cccs1. The van der Waals surface area contributed by atoms with Crippen LogP contribution in [0.4, 0.5) is 0 Å². The third kappa shape index (κ3) is 6.26. The average molecular weight is 288 g/mol. The first kappa shape index (κ1) is 14.5. The van der Waals surface area contributed by atoms with Gasteiger partial charge in [-0.25, -0.2) is 0 Å². The summed E-state index contributed by atoms with van der Waals surface area (Å²) in [5, 5.41) is 14.8. The van der Waals surface area contributed by atoms with Gasteiger partial charge in [0, 0.05) is 0 Å². The molecule has 18 heavy (non-hydrogen) atoms. The topological polar surface area (TPSA) is 95.5 Å². The molecule has 0 unspecified atom stereocenters. The molecule has 8 heteroatoms. The number of carbonyl (C=O) groups excluding carboxylic acids is 2. The van der Waals surface area contributed by atoms with Crippen LogP contribution in [-0.2, 0) is 14.4 Å². The number of thioether (sulfide) groups is 1. The highest BCUT2D eigenvalue weighted by Gasteiger charge is 2.07. The molecule has 1 rings (SSSR count). The lowest BCUT2D eigenvalue weighted by Gasteiger charge is -2.04. The molecule has 6 nitrogen and oxygen atoms in total. The van der Waals surface area contributed by atoms with Crippen LogP contribution in [0.15, 0.2) is 21.7 Å². The summed E-state index contributed by atoms with van der Waals surface area (Å²) in [5.74, 6) is -1.68. The van der Waals surface area contributed by atoms with E-state index in [-0.39, 0.29) is 18.2 Å². The molecule has 0 spiro atoms. The minimum Gasteiger partial charge on any atom is -0.480 e. The first-order chi connectivity index (χ1) is 8.58. The Bertz CT molecular complexity index is 420. The Morgan fingerprint density at radius 3 is 2.56 bits per heavy atom. The van der Waals surface area contributed by atoms with Gasteiger partial charge in [0.1, 0.15) is 6.54 Å². The molecule has 0 aromatic carbocycles. The predicted molar refractivity (Wildman–Crippen MR) is 68.7 cm³/mol. The van der Waals surface area contributed by atoms with Crippen molar-refractivity contribution in [3.8, 4) is 0 Å². The van der Waals surface area contributed by atoms with Crippen molar-refractivity contribution in [1.82, 2.24) is 10.6 Å². The normalized spacial score (nSPS) is 9.78. The van der Waals surface area contributed by atoms with Gasteiger partial charge >= 0.3 is 5.97 Å². The minimum absolute atomic E-state index is 0.211. The highest BCUT2D eigenvalue weighted by molar-refractivity contribution is 8.01. The second-order valence-electron chi connectivity index (χ2n) is 3.17. The number of thiophene rings is 1. The van der Waals surface area contributed by atoms with Gasteiger partial charge < -0.3 is 15.7 Å². The smallest absolute Gasteiger partial charge is 0.322 e. The molecule has 1 heterocycles. The van der Waals surface area contributed by atoms with Crippen LogP contribution < -0.4 is 10.6 Å². The maximum Gasteiger partial charge on any atom is 0.322 e. The Hall–Kier alpha value is -1.54. The molecular formula is C10H12N2O4S2. The molecule has 0 aliphatic rings. The summed E-state index contributed by atoms with van der Waals surface area (Å²) in [6.45, 7) is -0.657. The number of carbonyl (C=O) groups is 3. The third-order valence-corrected chi connectivity index (χ3v) is 3.85. The van der Waals surface area contributed by atoms with Gasteiger partial charge in [0.25, 0.3) is 0 Å². The Kier molecular flexibility index (Phi) is 6.23. The van der Waals surface area contributed by atoms with E-state index in [0.717, 1.165) is 4.21 Å². The van der Waals surface area contributed by atoms with E-state index in [0.29, 0.717) is 0 Å². The molecule has 2 amide bonds. The van der Waals surface area contributed by atoms with Gasteiger partial charge in [0.2, 0.25) is 11.8 Å². The fourth-order valence-electron chi connectivity index (χ4n) is 0.949. The van der Waals surface area contributed by atoms with Crippen LogP contribution in [0.2, 0.25) is 0 Å². The summed E-state index contributed by atoms with van der Waals surface area (Å²) in [6.07, 6.45) is 0. The summed E-state index contributed by atoms with van der Waals surface area (Å²) in [7, 11) is 0. The minimum atomic E-state index is -1.12. The largest absolute Gasteiger partial charge is 0.480 e. The summed E-state index contributed by atoms with van der Waals surface area (Å²) in [6, 6.07) is 3.80. The zero-order chi connectivity index (χ0) is 13.4. The molecule has 98 valence electrons. The monoisotopic (exact) mass is 288 g/mol. The van der Waals surface area contributed by atoms with Gasteiger partial charge in [-0.15, -0.1) is 23.1 Å². The van der Waals surface area contributed by atoms with Gasteiger partial charge in [-0.05, 0) is 11.4 Å². The third-order valence-electron chi connectivity index (χ3n) is 1.72. The zero-order valence-corrected chi connectivity index (χ0v) is 11.0. The number of hydrogen-bond acceptors (Lipinski definition) is 5. The van der Waals surface area contributed by atoms with Crippen molar-refractivity contribution in [1.29, 1.82) is 0 Å². The lowest BCUT2D eigenvalue weighted by Crippen LogP contribution is -2.39. The van der Waals surface area contributed by atoms with E-state index in [1.165, 1.54) is 23.1 Å². The molecule has 0 fully saturated rings. The van der Waals surface area contributed by atoms with Crippen LogP contribution >= 0.6 is 23.1 Å². The van der Waals surface area contributed by atoms with Gasteiger partial charge in [-0.1, -0.05) is 6.07 Å². The molecule has 0 atom stereocenters.